The van der Waals surface area contributed by atoms with E-state index < -0.39 is 17.2 Å². The Morgan fingerprint density at radius 3 is 2.85 bits per heavy atom. The van der Waals surface area contributed by atoms with E-state index in [1.807, 2.05) is 0 Å². The van der Waals surface area contributed by atoms with Crippen LogP contribution in [0.4, 0.5) is 20.2 Å². The van der Waals surface area contributed by atoms with Crippen molar-refractivity contribution in [1.82, 2.24) is 15.1 Å². The number of rotatable bonds is 7. The fraction of sp³-hybridized carbons (Fsp3) is 0.261. The number of aryl methyl sites for hydroxylation is 1. The molecule has 3 aromatic rings. The third-order valence-corrected chi connectivity index (χ3v) is 5.12. The van der Waals surface area contributed by atoms with Crippen molar-refractivity contribution in [1.29, 1.82) is 0 Å². The highest BCUT2D eigenvalue weighted by Crippen LogP contribution is 2.30. The number of anilines is 2. The van der Waals surface area contributed by atoms with Crippen molar-refractivity contribution in [2.75, 3.05) is 18.5 Å². The number of benzene rings is 2. The summed E-state index contributed by atoms with van der Waals surface area (Å²) in [4.78, 5) is 25.2. The maximum absolute atomic E-state index is 14.1. The lowest BCUT2D eigenvalue weighted by Gasteiger charge is -2.14. The fourth-order valence-electron chi connectivity index (χ4n) is 3.39. The van der Waals surface area contributed by atoms with E-state index in [9.17, 15) is 18.4 Å². The number of ether oxygens (including phenoxy) is 2. The number of aromatic nitrogens is 2. The second-order valence-electron chi connectivity index (χ2n) is 7.54. The molecule has 33 heavy (non-hydrogen) atoms. The van der Waals surface area contributed by atoms with Gasteiger partial charge in [-0.3, -0.25) is 9.59 Å². The van der Waals surface area contributed by atoms with Crippen molar-refractivity contribution in [2.45, 2.75) is 18.9 Å². The van der Waals surface area contributed by atoms with Crippen LogP contribution in [0, 0.1) is 11.6 Å². The molecule has 0 radical (unpaired) electrons. The monoisotopic (exact) mass is 456 g/mol. The highest BCUT2D eigenvalue weighted by Gasteiger charge is 2.18. The Kier molecular flexibility index (Phi) is 6.64. The van der Waals surface area contributed by atoms with Crippen LogP contribution < -0.4 is 20.9 Å². The molecule has 0 saturated carbocycles. The zero-order valence-corrected chi connectivity index (χ0v) is 17.8. The molecule has 1 unspecified atom stereocenters. The van der Waals surface area contributed by atoms with Gasteiger partial charge >= 0.3 is 0 Å². The number of carbonyl (C=O) groups is 1. The summed E-state index contributed by atoms with van der Waals surface area (Å²) in [6.45, 7) is 1.12. The lowest BCUT2D eigenvalue weighted by molar-refractivity contribution is 0.0858. The predicted molar refractivity (Wildman–Crippen MR) is 117 cm³/mol. The van der Waals surface area contributed by atoms with E-state index in [4.69, 9.17) is 9.47 Å². The molecule has 0 aliphatic carbocycles. The molecular formula is C23H22F2N4O4. The largest absolute Gasteiger partial charge is 0.450 e. The maximum atomic E-state index is 14.1. The maximum Gasteiger partial charge on any atom is 0.294 e. The van der Waals surface area contributed by atoms with Crippen LogP contribution in [0.2, 0.25) is 0 Å². The zero-order chi connectivity index (χ0) is 23.4. The molecular weight excluding hydrogens is 434 g/mol. The molecule has 1 aliphatic heterocycles. The first-order valence-corrected chi connectivity index (χ1v) is 10.4. The first-order valence-electron chi connectivity index (χ1n) is 10.4. The first-order chi connectivity index (χ1) is 15.9. The molecule has 4 rings (SSSR count). The van der Waals surface area contributed by atoms with Gasteiger partial charge in [-0.15, -0.1) is 0 Å². The van der Waals surface area contributed by atoms with Crippen molar-refractivity contribution in [3.8, 4) is 11.5 Å². The number of carbonyl (C=O) groups excluding carboxylic acids is 1. The van der Waals surface area contributed by atoms with E-state index >= 15 is 0 Å². The Morgan fingerprint density at radius 2 is 2.09 bits per heavy atom. The Bertz CT molecular complexity index is 1230. The average molecular weight is 456 g/mol. The SMILES string of the molecule is Cn1ncc(Oc2ccc(F)cc2F)c(Nc2cccc(C(=O)NCC3CCCO3)c2)c1=O. The lowest BCUT2D eigenvalue weighted by atomic mass is 10.1. The van der Waals surface area contributed by atoms with Crippen LogP contribution in [-0.4, -0.2) is 34.9 Å². The van der Waals surface area contributed by atoms with Crippen LogP contribution in [-0.2, 0) is 11.8 Å². The highest BCUT2D eigenvalue weighted by atomic mass is 19.1. The van der Waals surface area contributed by atoms with E-state index in [0.717, 1.165) is 29.7 Å². The average Bonchev–Trinajstić information content (AvgIpc) is 3.32. The van der Waals surface area contributed by atoms with Gasteiger partial charge in [-0.25, -0.2) is 13.5 Å². The van der Waals surface area contributed by atoms with Gasteiger partial charge in [0.25, 0.3) is 11.5 Å². The molecule has 1 fully saturated rings. The Labute approximate surface area is 188 Å². The van der Waals surface area contributed by atoms with Gasteiger partial charge in [0.05, 0.1) is 12.3 Å². The van der Waals surface area contributed by atoms with Gasteiger partial charge in [-0.2, -0.15) is 5.10 Å². The molecule has 1 aromatic heterocycles. The minimum Gasteiger partial charge on any atom is -0.450 e. The normalized spacial score (nSPS) is 15.3. The van der Waals surface area contributed by atoms with Gasteiger partial charge < -0.3 is 20.1 Å². The van der Waals surface area contributed by atoms with Gasteiger partial charge in [0.1, 0.15) is 5.82 Å². The summed E-state index contributed by atoms with van der Waals surface area (Å²) >= 11 is 0. The van der Waals surface area contributed by atoms with E-state index in [1.54, 1.807) is 24.3 Å². The van der Waals surface area contributed by atoms with Crippen LogP contribution >= 0.6 is 0 Å². The number of nitrogens with zero attached hydrogens (tertiary/aromatic N) is 2. The molecule has 1 atom stereocenters. The minimum atomic E-state index is -0.925. The lowest BCUT2D eigenvalue weighted by Crippen LogP contribution is -2.31. The van der Waals surface area contributed by atoms with Crippen molar-refractivity contribution in [2.24, 2.45) is 7.05 Å². The molecule has 2 aromatic carbocycles. The number of amides is 1. The van der Waals surface area contributed by atoms with Crippen molar-refractivity contribution in [3.63, 3.8) is 0 Å². The molecule has 172 valence electrons. The highest BCUT2D eigenvalue weighted by molar-refractivity contribution is 5.95. The standard InChI is InChI=1S/C23H22F2N4O4/c1-29-23(31)21(20(13-27-29)33-19-8-7-15(24)11-18(19)25)28-16-5-2-4-14(10-16)22(30)26-12-17-6-3-9-32-17/h2,4-5,7-8,10-11,13,17,28H,3,6,9,12H2,1H3,(H,26,30). The third-order valence-electron chi connectivity index (χ3n) is 5.12. The smallest absolute Gasteiger partial charge is 0.294 e. The summed E-state index contributed by atoms with van der Waals surface area (Å²) in [5.74, 6) is -2.28. The quantitative estimate of drug-likeness (QED) is 0.565. The molecule has 2 N–H and O–H groups in total. The zero-order valence-electron chi connectivity index (χ0n) is 17.8. The first kappa shape index (κ1) is 22.4. The molecule has 2 heterocycles. The van der Waals surface area contributed by atoms with Gasteiger partial charge in [-0.05, 0) is 43.2 Å². The Hall–Kier alpha value is -3.79. The van der Waals surface area contributed by atoms with Crippen molar-refractivity contribution in [3.05, 3.63) is 76.2 Å². The Balaban J connectivity index is 1.55. The van der Waals surface area contributed by atoms with E-state index in [-0.39, 0.29) is 29.2 Å². The predicted octanol–water partition coefficient (Wildman–Crippen LogP) is 3.50. The van der Waals surface area contributed by atoms with Crippen molar-refractivity contribution >= 4 is 17.3 Å². The number of hydrogen-bond donors (Lipinski definition) is 2. The topological polar surface area (TPSA) is 94.5 Å². The second kappa shape index (κ2) is 9.78. The molecule has 8 nitrogen and oxygen atoms in total. The minimum absolute atomic E-state index is 0.0154. The van der Waals surface area contributed by atoms with E-state index in [1.165, 1.54) is 13.2 Å². The summed E-state index contributed by atoms with van der Waals surface area (Å²) in [6.07, 6.45) is 3.14. The fourth-order valence-corrected chi connectivity index (χ4v) is 3.39. The number of nitrogens with one attached hydrogen (secondary N) is 2. The number of halogens is 2. The third kappa shape index (κ3) is 5.35. The number of hydrogen-bond acceptors (Lipinski definition) is 6. The molecule has 1 amide bonds. The Morgan fingerprint density at radius 1 is 1.24 bits per heavy atom. The van der Waals surface area contributed by atoms with Crippen LogP contribution in [0.25, 0.3) is 0 Å². The molecule has 0 bridgehead atoms. The van der Waals surface area contributed by atoms with Crippen LogP contribution in [0.15, 0.2) is 53.5 Å². The van der Waals surface area contributed by atoms with Crippen LogP contribution in [0.3, 0.4) is 0 Å². The molecule has 1 saturated heterocycles. The van der Waals surface area contributed by atoms with Crippen LogP contribution in [0.1, 0.15) is 23.2 Å². The summed E-state index contributed by atoms with van der Waals surface area (Å²) in [7, 11) is 1.45. The molecule has 10 heteroatoms. The van der Waals surface area contributed by atoms with E-state index in [0.29, 0.717) is 30.5 Å². The molecule has 1 aliphatic rings. The summed E-state index contributed by atoms with van der Waals surface area (Å²) < 4.78 is 39.4. The summed E-state index contributed by atoms with van der Waals surface area (Å²) in [5.41, 5.74) is 0.264. The molecule has 0 spiro atoms. The van der Waals surface area contributed by atoms with Gasteiger partial charge in [0.2, 0.25) is 0 Å². The van der Waals surface area contributed by atoms with Crippen molar-refractivity contribution < 1.29 is 23.0 Å². The van der Waals surface area contributed by atoms with Gasteiger partial charge in [0, 0.05) is 37.5 Å². The summed E-state index contributed by atoms with van der Waals surface area (Å²) in [6, 6.07) is 9.38. The van der Waals surface area contributed by atoms with E-state index in [2.05, 4.69) is 15.7 Å². The second-order valence-corrected chi connectivity index (χ2v) is 7.54. The van der Waals surface area contributed by atoms with Gasteiger partial charge in [0.15, 0.2) is 23.0 Å². The van der Waals surface area contributed by atoms with Crippen LogP contribution in [0.5, 0.6) is 11.5 Å². The summed E-state index contributed by atoms with van der Waals surface area (Å²) in [5, 5.41) is 9.67. The van der Waals surface area contributed by atoms with Gasteiger partial charge in [-0.1, -0.05) is 6.07 Å².